The van der Waals surface area contributed by atoms with Crippen molar-refractivity contribution in [2.75, 3.05) is 0 Å². The SMILES string of the molecule is CC(N)[C@]1(C)NC=C(C(=O)O)S1.Cc1ccc(S(=O)(=O)O)cc1. The van der Waals surface area contributed by atoms with Crippen LogP contribution in [-0.4, -0.2) is 35.0 Å². The molecule has 23 heavy (non-hydrogen) atoms. The molecule has 0 aromatic heterocycles. The van der Waals surface area contributed by atoms with Crippen LogP contribution in [0, 0.1) is 6.92 Å². The van der Waals surface area contributed by atoms with E-state index in [4.69, 9.17) is 15.4 Å². The Morgan fingerprint density at radius 1 is 1.35 bits per heavy atom. The van der Waals surface area contributed by atoms with Gasteiger partial charge in [-0.05, 0) is 32.9 Å². The van der Waals surface area contributed by atoms with Gasteiger partial charge in [0.05, 0.1) is 9.77 Å². The zero-order valence-corrected chi connectivity index (χ0v) is 14.6. The van der Waals surface area contributed by atoms with Crippen molar-refractivity contribution < 1.29 is 22.9 Å². The first kappa shape index (κ1) is 19.5. The van der Waals surface area contributed by atoms with E-state index in [2.05, 4.69) is 5.32 Å². The summed E-state index contributed by atoms with van der Waals surface area (Å²) in [6.45, 7) is 5.57. The van der Waals surface area contributed by atoms with E-state index in [0.717, 1.165) is 5.56 Å². The quantitative estimate of drug-likeness (QED) is 0.598. The predicted molar refractivity (Wildman–Crippen MR) is 89.5 cm³/mol. The molecule has 0 aliphatic carbocycles. The number of nitrogens with two attached hydrogens (primary N) is 1. The molecule has 0 spiro atoms. The summed E-state index contributed by atoms with van der Waals surface area (Å²) in [6, 6.07) is 5.89. The van der Waals surface area contributed by atoms with Gasteiger partial charge in [-0.25, -0.2) is 4.79 Å². The Morgan fingerprint density at radius 3 is 2.17 bits per heavy atom. The topological polar surface area (TPSA) is 130 Å². The molecule has 1 aliphatic rings. The number of rotatable bonds is 3. The Hall–Kier alpha value is -1.55. The van der Waals surface area contributed by atoms with Gasteiger partial charge in [-0.1, -0.05) is 29.5 Å². The Bertz CT molecular complexity index is 698. The fraction of sp³-hybridized carbons (Fsp3) is 0.357. The van der Waals surface area contributed by atoms with Gasteiger partial charge in [0.1, 0.15) is 4.91 Å². The normalized spacial score (nSPS) is 21.5. The van der Waals surface area contributed by atoms with Gasteiger partial charge in [0.15, 0.2) is 0 Å². The number of hydrogen-bond donors (Lipinski definition) is 4. The van der Waals surface area contributed by atoms with Crippen LogP contribution in [0.3, 0.4) is 0 Å². The summed E-state index contributed by atoms with van der Waals surface area (Å²) in [5.41, 5.74) is 6.64. The molecule has 0 bridgehead atoms. The number of hydrogen-bond acceptors (Lipinski definition) is 6. The van der Waals surface area contributed by atoms with Gasteiger partial charge >= 0.3 is 5.97 Å². The zero-order chi connectivity index (χ0) is 17.8. The van der Waals surface area contributed by atoms with Crippen LogP contribution in [0.1, 0.15) is 19.4 Å². The Kier molecular flexibility index (Phi) is 6.23. The molecule has 1 heterocycles. The lowest BCUT2D eigenvalue weighted by Gasteiger charge is -2.28. The number of carboxylic acid groups (broad SMARTS) is 1. The van der Waals surface area contributed by atoms with E-state index in [9.17, 15) is 13.2 Å². The number of benzene rings is 1. The van der Waals surface area contributed by atoms with Crippen LogP contribution < -0.4 is 11.1 Å². The maximum Gasteiger partial charge on any atom is 0.343 e. The lowest BCUT2D eigenvalue weighted by molar-refractivity contribution is -0.131. The molecule has 1 unspecified atom stereocenters. The molecule has 0 amide bonds. The second-order valence-corrected chi connectivity index (χ2v) is 8.16. The highest BCUT2D eigenvalue weighted by atomic mass is 32.2. The van der Waals surface area contributed by atoms with E-state index < -0.39 is 16.1 Å². The van der Waals surface area contributed by atoms with E-state index in [0.29, 0.717) is 4.91 Å². The Labute approximate surface area is 139 Å². The van der Waals surface area contributed by atoms with E-state index in [1.54, 1.807) is 12.1 Å². The van der Waals surface area contributed by atoms with Gasteiger partial charge in [-0.3, -0.25) is 4.55 Å². The highest BCUT2D eigenvalue weighted by molar-refractivity contribution is 8.05. The average Bonchev–Trinajstić information content (AvgIpc) is 2.83. The third kappa shape index (κ3) is 5.54. The number of carbonyl (C=O) groups is 1. The number of nitrogens with one attached hydrogen (secondary N) is 1. The van der Waals surface area contributed by atoms with Crippen molar-refractivity contribution in [2.45, 2.75) is 36.6 Å². The van der Waals surface area contributed by atoms with E-state index >= 15 is 0 Å². The largest absolute Gasteiger partial charge is 0.477 e. The minimum Gasteiger partial charge on any atom is -0.477 e. The van der Waals surface area contributed by atoms with Crippen molar-refractivity contribution in [2.24, 2.45) is 5.73 Å². The molecule has 0 saturated heterocycles. The Balaban J connectivity index is 0.000000231. The van der Waals surface area contributed by atoms with E-state index in [-0.39, 0.29) is 15.8 Å². The van der Waals surface area contributed by atoms with Crippen molar-refractivity contribution in [3.63, 3.8) is 0 Å². The summed E-state index contributed by atoms with van der Waals surface area (Å²) in [7, 11) is -4.02. The molecule has 128 valence electrons. The molecule has 2 rings (SSSR count). The van der Waals surface area contributed by atoms with Crippen molar-refractivity contribution in [3.05, 3.63) is 40.9 Å². The van der Waals surface area contributed by atoms with Gasteiger partial charge in [0.2, 0.25) is 0 Å². The van der Waals surface area contributed by atoms with Gasteiger partial charge in [0.25, 0.3) is 10.1 Å². The van der Waals surface area contributed by atoms with Gasteiger partial charge in [0, 0.05) is 12.2 Å². The molecule has 1 aromatic carbocycles. The third-order valence-electron chi connectivity index (χ3n) is 3.21. The number of aliphatic carboxylic acids is 1. The van der Waals surface area contributed by atoms with Gasteiger partial charge in [-0.15, -0.1) is 0 Å². The first-order valence-electron chi connectivity index (χ1n) is 6.65. The highest BCUT2D eigenvalue weighted by Gasteiger charge is 2.36. The molecule has 0 radical (unpaired) electrons. The molecule has 7 nitrogen and oxygen atoms in total. The molecule has 9 heteroatoms. The van der Waals surface area contributed by atoms with Crippen LogP contribution in [-0.2, 0) is 14.9 Å². The summed E-state index contributed by atoms with van der Waals surface area (Å²) in [6.07, 6.45) is 1.50. The highest BCUT2D eigenvalue weighted by Crippen LogP contribution is 2.36. The third-order valence-corrected chi connectivity index (χ3v) is 5.50. The maximum atomic E-state index is 10.5. The number of aryl methyl sites for hydroxylation is 1. The monoisotopic (exact) mass is 360 g/mol. The van der Waals surface area contributed by atoms with Crippen molar-refractivity contribution in [1.82, 2.24) is 5.32 Å². The first-order chi connectivity index (χ1) is 10.5. The summed E-state index contributed by atoms with van der Waals surface area (Å²) in [5.74, 6) is -0.906. The summed E-state index contributed by atoms with van der Waals surface area (Å²) < 4.78 is 29.6. The molecule has 1 aliphatic heterocycles. The number of thioether (sulfide) groups is 1. The van der Waals surface area contributed by atoms with Crippen LogP contribution in [0.2, 0.25) is 0 Å². The van der Waals surface area contributed by atoms with Crippen LogP contribution >= 0.6 is 11.8 Å². The fourth-order valence-corrected chi connectivity index (χ4v) is 2.98. The lowest BCUT2D eigenvalue weighted by atomic mass is 10.2. The molecule has 0 fully saturated rings. The molecular weight excluding hydrogens is 340 g/mol. The van der Waals surface area contributed by atoms with E-state index in [1.807, 2.05) is 20.8 Å². The Morgan fingerprint density at radius 2 is 1.87 bits per heavy atom. The predicted octanol–water partition coefficient (Wildman–Crippen LogP) is 1.55. The van der Waals surface area contributed by atoms with Gasteiger partial charge < -0.3 is 16.2 Å². The van der Waals surface area contributed by atoms with Crippen molar-refractivity contribution in [1.29, 1.82) is 0 Å². The average molecular weight is 360 g/mol. The minimum absolute atomic E-state index is 0.0666. The summed E-state index contributed by atoms with van der Waals surface area (Å²) >= 11 is 1.25. The van der Waals surface area contributed by atoms with Crippen LogP contribution in [0.5, 0.6) is 0 Å². The van der Waals surface area contributed by atoms with E-state index in [1.165, 1.54) is 30.1 Å². The molecule has 5 N–H and O–H groups in total. The minimum atomic E-state index is -4.02. The van der Waals surface area contributed by atoms with Crippen LogP contribution in [0.15, 0.2) is 40.3 Å². The van der Waals surface area contributed by atoms with Crippen molar-refractivity contribution >= 4 is 27.8 Å². The zero-order valence-electron chi connectivity index (χ0n) is 13.0. The molecular formula is C14H20N2O5S2. The standard InChI is InChI=1S/C7H12N2O2S.C7H8O3S/c1-4(8)7(2)9-3-5(12-7)6(10)11;1-6-2-4-7(5-3-6)11(8,9)10/h3-4,9H,8H2,1-2H3,(H,10,11);2-5H,1H3,(H,8,9,10)/t4?,7-;/m1./s1. The molecule has 2 atom stereocenters. The molecule has 1 aromatic rings. The fourth-order valence-electron chi connectivity index (χ4n) is 1.54. The second kappa shape index (κ2) is 7.35. The lowest BCUT2D eigenvalue weighted by Crippen LogP contribution is -2.47. The summed E-state index contributed by atoms with van der Waals surface area (Å²) in [4.78, 5) is 10.4. The van der Waals surface area contributed by atoms with Crippen molar-refractivity contribution in [3.8, 4) is 0 Å². The second-order valence-electron chi connectivity index (χ2n) is 5.24. The maximum absolute atomic E-state index is 10.5. The number of carboxylic acids is 1. The smallest absolute Gasteiger partial charge is 0.343 e. The first-order valence-corrected chi connectivity index (χ1v) is 8.91. The molecule has 0 saturated carbocycles. The van der Waals surface area contributed by atoms with Gasteiger partial charge in [-0.2, -0.15) is 8.42 Å². The summed E-state index contributed by atoms with van der Waals surface area (Å²) in [5, 5.41) is 11.6. The van der Waals surface area contributed by atoms with Crippen LogP contribution in [0.4, 0.5) is 0 Å². The van der Waals surface area contributed by atoms with Crippen LogP contribution in [0.25, 0.3) is 0 Å².